The van der Waals surface area contributed by atoms with E-state index in [-0.39, 0.29) is 12.4 Å². The van der Waals surface area contributed by atoms with Gasteiger partial charge in [0.2, 0.25) is 0 Å². The van der Waals surface area contributed by atoms with Gasteiger partial charge >= 0.3 is 0 Å². The smallest absolute Gasteiger partial charge is 0.164 e. The van der Waals surface area contributed by atoms with Crippen molar-refractivity contribution in [2.75, 3.05) is 0 Å². The van der Waals surface area contributed by atoms with E-state index in [1.165, 1.54) is 6.20 Å². The van der Waals surface area contributed by atoms with E-state index in [1.807, 2.05) is 6.92 Å². The van der Waals surface area contributed by atoms with Gasteiger partial charge in [-0.2, -0.15) is 0 Å². The maximum absolute atomic E-state index is 11.6. The Morgan fingerprint density at radius 3 is 2.58 bits per heavy atom. The molecule has 2 rings (SSSR count). The summed E-state index contributed by atoms with van der Waals surface area (Å²) in [6.07, 6.45) is 3.54. The first-order valence-electron chi connectivity index (χ1n) is 6.09. The van der Waals surface area contributed by atoms with Crippen LogP contribution in [0.15, 0.2) is 42.7 Å². The van der Waals surface area contributed by atoms with E-state index in [4.69, 9.17) is 9.84 Å². The second-order valence-corrected chi connectivity index (χ2v) is 4.09. The van der Waals surface area contributed by atoms with Crippen molar-refractivity contribution in [3.8, 4) is 11.5 Å². The highest BCUT2D eigenvalue weighted by molar-refractivity contribution is 5.95. The molecule has 1 aromatic carbocycles. The van der Waals surface area contributed by atoms with Crippen molar-refractivity contribution in [1.82, 2.24) is 4.98 Å². The number of ketones is 1. The zero-order chi connectivity index (χ0) is 13.7. The molecule has 0 aliphatic carbocycles. The second-order valence-electron chi connectivity index (χ2n) is 4.09. The van der Waals surface area contributed by atoms with Crippen LogP contribution in [0.3, 0.4) is 0 Å². The number of rotatable bonds is 5. The van der Waals surface area contributed by atoms with Gasteiger partial charge in [0.25, 0.3) is 0 Å². The summed E-state index contributed by atoms with van der Waals surface area (Å²) in [5, 5.41) is 8.95. The Labute approximate surface area is 111 Å². The summed E-state index contributed by atoms with van der Waals surface area (Å²) in [6, 6.07) is 8.77. The third-order valence-corrected chi connectivity index (χ3v) is 2.70. The first-order chi connectivity index (χ1) is 9.22. The van der Waals surface area contributed by atoms with E-state index in [9.17, 15) is 4.79 Å². The van der Waals surface area contributed by atoms with Gasteiger partial charge in [0.1, 0.15) is 11.5 Å². The monoisotopic (exact) mass is 257 g/mol. The van der Waals surface area contributed by atoms with Crippen LogP contribution in [0.1, 0.15) is 29.3 Å². The van der Waals surface area contributed by atoms with E-state index < -0.39 is 0 Å². The van der Waals surface area contributed by atoms with Crippen LogP contribution in [-0.2, 0) is 6.61 Å². The van der Waals surface area contributed by atoms with Crippen LogP contribution in [0.2, 0.25) is 0 Å². The van der Waals surface area contributed by atoms with Gasteiger partial charge in [-0.1, -0.05) is 19.1 Å². The molecule has 2 aromatic rings. The number of hydrogen-bond acceptors (Lipinski definition) is 4. The highest BCUT2D eigenvalue weighted by Gasteiger charge is 2.06. The van der Waals surface area contributed by atoms with E-state index in [2.05, 4.69) is 4.98 Å². The van der Waals surface area contributed by atoms with E-state index in [0.29, 0.717) is 23.5 Å². The zero-order valence-corrected chi connectivity index (χ0v) is 10.7. The molecule has 1 aromatic heterocycles. The molecule has 19 heavy (non-hydrogen) atoms. The van der Waals surface area contributed by atoms with Crippen molar-refractivity contribution >= 4 is 5.78 Å². The number of aromatic nitrogens is 1. The molecular weight excluding hydrogens is 242 g/mol. The molecule has 4 heteroatoms. The average molecular weight is 257 g/mol. The predicted molar refractivity (Wildman–Crippen MR) is 71.3 cm³/mol. The first kappa shape index (κ1) is 13.2. The molecular formula is C15H15NO3. The second kappa shape index (κ2) is 6.11. The molecule has 0 saturated heterocycles. The quantitative estimate of drug-likeness (QED) is 0.836. The molecule has 0 atom stereocenters. The van der Waals surface area contributed by atoms with Crippen LogP contribution >= 0.6 is 0 Å². The van der Waals surface area contributed by atoms with Gasteiger partial charge in [-0.25, -0.2) is 0 Å². The Morgan fingerprint density at radius 2 is 1.95 bits per heavy atom. The summed E-state index contributed by atoms with van der Waals surface area (Å²) in [7, 11) is 0. The Bertz CT molecular complexity index is 564. The number of ether oxygens (including phenoxy) is 1. The normalized spacial score (nSPS) is 10.2. The molecule has 0 radical (unpaired) electrons. The van der Waals surface area contributed by atoms with Crippen LogP contribution < -0.4 is 4.74 Å². The molecule has 1 N–H and O–H groups in total. The Morgan fingerprint density at radius 1 is 1.21 bits per heavy atom. The zero-order valence-electron chi connectivity index (χ0n) is 10.7. The van der Waals surface area contributed by atoms with Crippen LogP contribution in [0.4, 0.5) is 0 Å². The maximum Gasteiger partial charge on any atom is 0.164 e. The Kier molecular flexibility index (Phi) is 4.26. The lowest BCUT2D eigenvalue weighted by Gasteiger charge is -2.07. The highest BCUT2D eigenvalue weighted by atomic mass is 16.5. The number of hydrogen-bond donors (Lipinski definition) is 1. The Hall–Kier alpha value is -2.20. The standard InChI is InChI=1S/C15H15NO3/c1-2-15(18)12-7-14(9-16-8-12)19-13-5-3-11(10-17)4-6-13/h3-9,17H,2,10H2,1H3. The summed E-state index contributed by atoms with van der Waals surface area (Å²) >= 11 is 0. The average Bonchev–Trinajstić information content (AvgIpc) is 2.47. The number of carbonyl (C=O) groups excluding carboxylic acids is 1. The number of Topliss-reactive ketones (excluding diaryl/α,β-unsaturated/α-hetero) is 1. The predicted octanol–water partition coefficient (Wildman–Crippen LogP) is 2.96. The van der Waals surface area contributed by atoms with Crippen molar-refractivity contribution in [3.63, 3.8) is 0 Å². The molecule has 0 aliphatic heterocycles. The van der Waals surface area contributed by atoms with Gasteiger partial charge in [0.15, 0.2) is 5.78 Å². The molecule has 0 saturated carbocycles. The fourth-order valence-electron chi connectivity index (χ4n) is 1.63. The fourth-order valence-corrected chi connectivity index (χ4v) is 1.63. The maximum atomic E-state index is 11.6. The summed E-state index contributed by atoms with van der Waals surface area (Å²) in [5.41, 5.74) is 1.37. The fraction of sp³-hybridized carbons (Fsp3) is 0.200. The van der Waals surface area contributed by atoms with Gasteiger partial charge in [-0.15, -0.1) is 0 Å². The lowest BCUT2D eigenvalue weighted by atomic mass is 10.1. The van der Waals surface area contributed by atoms with E-state index in [0.717, 1.165) is 5.56 Å². The minimum atomic E-state index is 0.00230. The lowest BCUT2D eigenvalue weighted by molar-refractivity contribution is 0.0987. The number of carbonyl (C=O) groups is 1. The van der Waals surface area contributed by atoms with Crippen molar-refractivity contribution < 1.29 is 14.6 Å². The summed E-state index contributed by atoms with van der Waals surface area (Å²) in [4.78, 5) is 15.6. The third kappa shape index (κ3) is 3.39. The highest BCUT2D eigenvalue weighted by Crippen LogP contribution is 2.22. The van der Waals surface area contributed by atoms with Gasteiger partial charge < -0.3 is 9.84 Å². The number of pyridine rings is 1. The summed E-state index contributed by atoms with van der Waals surface area (Å²) < 4.78 is 5.62. The summed E-state index contributed by atoms with van der Waals surface area (Å²) in [5.74, 6) is 1.20. The van der Waals surface area contributed by atoms with Crippen LogP contribution in [0, 0.1) is 0 Å². The number of aliphatic hydroxyl groups excluding tert-OH is 1. The first-order valence-corrected chi connectivity index (χ1v) is 6.09. The molecule has 0 fully saturated rings. The van der Waals surface area contributed by atoms with Crippen molar-refractivity contribution in [1.29, 1.82) is 0 Å². The number of benzene rings is 1. The number of aliphatic hydroxyl groups is 1. The topological polar surface area (TPSA) is 59.4 Å². The summed E-state index contributed by atoms with van der Waals surface area (Å²) in [6.45, 7) is 1.81. The largest absolute Gasteiger partial charge is 0.456 e. The van der Waals surface area contributed by atoms with Gasteiger partial charge in [-0.05, 0) is 23.8 Å². The van der Waals surface area contributed by atoms with Gasteiger partial charge in [0.05, 0.1) is 12.8 Å². The van der Waals surface area contributed by atoms with Gasteiger partial charge in [0, 0.05) is 18.2 Å². The van der Waals surface area contributed by atoms with Crippen LogP contribution in [0.5, 0.6) is 11.5 Å². The van der Waals surface area contributed by atoms with E-state index in [1.54, 1.807) is 36.5 Å². The molecule has 1 heterocycles. The van der Waals surface area contributed by atoms with Crippen LogP contribution in [0.25, 0.3) is 0 Å². The number of nitrogens with zero attached hydrogens (tertiary/aromatic N) is 1. The molecule has 0 amide bonds. The van der Waals surface area contributed by atoms with Crippen molar-refractivity contribution in [2.45, 2.75) is 20.0 Å². The molecule has 4 nitrogen and oxygen atoms in total. The van der Waals surface area contributed by atoms with Crippen LogP contribution in [-0.4, -0.2) is 15.9 Å². The minimum absolute atomic E-state index is 0.00230. The Balaban J connectivity index is 2.16. The van der Waals surface area contributed by atoms with Crippen molar-refractivity contribution in [3.05, 3.63) is 53.9 Å². The SMILES string of the molecule is CCC(=O)c1cncc(Oc2ccc(CO)cc2)c1. The third-order valence-electron chi connectivity index (χ3n) is 2.70. The molecule has 0 spiro atoms. The molecule has 0 aliphatic rings. The molecule has 98 valence electrons. The van der Waals surface area contributed by atoms with E-state index >= 15 is 0 Å². The molecule has 0 bridgehead atoms. The van der Waals surface area contributed by atoms with Gasteiger partial charge in [-0.3, -0.25) is 9.78 Å². The molecule has 0 unspecified atom stereocenters. The lowest BCUT2D eigenvalue weighted by Crippen LogP contribution is -1.98. The van der Waals surface area contributed by atoms with Crippen molar-refractivity contribution in [2.24, 2.45) is 0 Å². The minimum Gasteiger partial charge on any atom is -0.456 e.